The minimum absolute atomic E-state index is 0.124. The van der Waals surface area contributed by atoms with Gasteiger partial charge in [-0.1, -0.05) is 17.7 Å². The minimum atomic E-state index is -3.82. The highest BCUT2D eigenvalue weighted by Crippen LogP contribution is 2.32. The van der Waals surface area contributed by atoms with Crippen LogP contribution < -0.4 is 9.03 Å². The van der Waals surface area contributed by atoms with Gasteiger partial charge in [-0.2, -0.15) is 0 Å². The molecule has 0 bridgehead atoms. The fraction of sp³-hybridized carbons (Fsp3) is 0.429. The molecule has 158 valence electrons. The van der Waals surface area contributed by atoms with Gasteiger partial charge >= 0.3 is 0 Å². The lowest BCUT2D eigenvalue weighted by Gasteiger charge is -2.30. The molecule has 2 aromatic rings. The summed E-state index contributed by atoms with van der Waals surface area (Å²) in [6.07, 6.45) is 1.45. The largest absolute Gasteiger partial charge is 0.279 e. The summed E-state index contributed by atoms with van der Waals surface area (Å²) in [6, 6.07) is 7.11. The van der Waals surface area contributed by atoms with Crippen molar-refractivity contribution < 1.29 is 16.8 Å². The van der Waals surface area contributed by atoms with Crippen LogP contribution in [0.15, 0.2) is 29.2 Å². The average Bonchev–Trinajstić information content (AvgIpc) is 2.59. The molecule has 1 fully saturated rings. The number of benzene rings is 2. The van der Waals surface area contributed by atoms with Gasteiger partial charge in [-0.3, -0.25) is 9.03 Å². The van der Waals surface area contributed by atoms with Gasteiger partial charge in [0.15, 0.2) is 0 Å². The van der Waals surface area contributed by atoms with Crippen molar-refractivity contribution >= 4 is 31.4 Å². The van der Waals surface area contributed by atoms with Gasteiger partial charge in [-0.25, -0.2) is 16.8 Å². The number of aryl methyl sites for hydroxylation is 5. The molecule has 29 heavy (non-hydrogen) atoms. The molecule has 3 rings (SSSR count). The van der Waals surface area contributed by atoms with Crippen molar-refractivity contribution in [1.29, 1.82) is 0 Å². The lowest BCUT2D eigenvalue weighted by atomic mass is 10.1. The van der Waals surface area contributed by atoms with Crippen molar-refractivity contribution in [3.63, 3.8) is 0 Å². The fourth-order valence-electron chi connectivity index (χ4n) is 3.92. The molecule has 0 saturated carbocycles. The van der Waals surface area contributed by atoms with E-state index in [1.165, 1.54) is 4.31 Å². The second-order valence-electron chi connectivity index (χ2n) is 7.88. The maximum atomic E-state index is 13.1. The van der Waals surface area contributed by atoms with Crippen LogP contribution >= 0.6 is 0 Å². The van der Waals surface area contributed by atoms with Crippen LogP contribution in [0.25, 0.3) is 0 Å². The number of hydrogen-bond acceptors (Lipinski definition) is 4. The Bertz CT molecular complexity index is 1150. The van der Waals surface area contributed by atoms with E-state index >= 15 is 0 Å². The number of nitrogens with zero attached hydrogens (tertiary/aromatic N) is 1. The normalized spacial score (nSPS) is 16.7. The van der Waals surface area contributed by atoms with Crippen LogP contribution in [0.4, 0.5) is 11.4 Å². The summed E-state index contributed by atoms with van der Waals surface area (Å²) in [6.45, 7) is 9.59. The van der Waals surface area contributed by atoms with Crippen molar-refractivity contribution in [2.75, 3.05) is 21.3 Å². The standard InChI is InChI=1S/C21H28N2O4S2/c1-14-10-17(4)21(18(5)11-14)22-29(26,27)20-13-15(2)19(12-16(20)3)23-8-6-7-9-28(23,24)25/h10-13,22H,6-9H2,1-5H3. The molecule has 0 amide bonds. The molecule has 6 nitrogen and oxygen atoms in total. The van der Waals surface area contributed by atoms with E-state index in [0.29, 0.717) is 35.5 Å². The topological polar surface area (TPSA) is 83.6 Å². The lowest BCUT2D eigenvalue weighted by molar-refractivity contribution is 0.574. The van der Waals surface area contributed by atoms with Gasteiger partial charge in [0.2, 0.25) is 10.0 Å². The SMILES string of the molecule is Cc1cc(C)c(NS(=O)(=O)c2cc(C)c(N3CCCCS3(=O)=O)cc2C)c(C)c1. The maximum Gasteiger partial charge on any atom is 0.262 e. The van der Waals surface area contributed by atoms with Crippen molar-refractivity contribution in [3.8, 4) is 0 Å². The summed E-state index contributed by atoms with van der Waals surface area (Å²) in [4.78, 5) is 0.160. The number of anilines is 2. The predicted molar refractivity (Wildman–Crippen MR) is 118 cm³/mol. The zero-order valence-electron chi connectivity index (χ0n) is 17.5. The van der Waals surface area contributed by atoms with Crippen molar-refractivity contribution in [2.24, 2.45) is 0 Å². The first-order chi connectivity index (χ1) is 13.4. The molecule has 0 unspecified atom stereocenters. The molecule has 8 heteroatoms. The second-order valence-corrected chi connectivity index (χ2v) is 11.5. The summed E-state index contributed by atoms with van der Waals surface area (Å²) < 4.78 is 55.3. The Kier molecular flexibility index (Phi) is 5.71. The van der Waals surface area contributed by atoms with Gasteiger partial charge in [-0.05, 0) is 81.8 Å². The molecule has 2 aromatic carbocycles. The zero-order chi connectivity index (χ0) is 21.6. The first kappa shape index (κ1) is 21.6. The van der Waals surface area contributed by atoms with Gasteiger partial charge in [0.25, 0.3) is 10.0 Å². The molecule has 0 atom stereocenters. The van der Waals surface area contributed by atoms with Crippen LogP contribution in [0.1, 0.15) is 40.7 Å². The monoisotopic (exact) mass is 436 g/mol. The third kappa shape index (κ3) is 4.28. The molecule has 0 aliphatic carbocycles. The molecule has 1 saturated heterocycles. The smallest absolute Gasteiger partial charge is 0.262 e. The van der Waals surface area contributed by atoms with Crippen molar-refractivity contribution in [2.45, 2.75) is 52.4 Å². The number of nitrogens with one attached hydrogen (secondary N) is 1. The van der Waals surface area contributed by atoms with Crippen LogP contribution in [0.2, 0.25) is 0 Å². The Hall–Kier alpha value is -2.06. The van der Waals surface area contributed by atoms with Crippen LogP contribution in [-0.2, 0) is 20.0 Å². The summed E-state index contributed by atoms with van der Waals surface area (Å²) >= 11 is 0. The van der Waals surface area contributed by atoms with E-state index in [1.54, 1.807) is 26.0 Å². The van der Waals surface area contributed by atoms with E-state index in [4.69, 9.17) is 0 Å². The van der Waals surface area contributed by atoms with Gasteiger partial charge in [0.1, 0.15) is 0 Å². The second kappa shape index (κ2) is 7.65. The van der Waals surface area contributed by atoms with E-state index in [9.17, 15) is 16.8 Å². The Morgan fingerprint density at radius 1 is 0.862 bits per heavy atom. The van der Waals surface area contributed by atoms with E-state index in [0.717, 1.165) is 23.1 Å². The first-order valence-electron chi connectivity index (χ1n) is 9.65. The number of rotatable bonds is 4. The van der Waals surface area contributed by atoms with Gasteiger partial charge in [0, 0.05) is 6.54 Å². The van der Waals surface area contributed by atoms with Crippen LogP contribution in [0, 0.1) is 34.6 Å². The predicted octanol–water partition coefficient (Wildman–Crippen LogP) is 3.96. The maximum absolute atomic E-state index is 13.1. The molecular weight excluding hydrogens is 408 g/mol. The van der Waals surface area contributed by atoms with Crippen molar-refractivity contribution in [1.82, 2.24) is 0 Å². The molecule has 1 N–H and O–H groups in total. The molecular formula is C21H28N2O4S2. The Morgan fingerprint density at radius 2 is 1.48 bits per heavy atom. The molecule has 0 radical (unpaired) electrons. The molecule has 1 heterocycles. The summed E-state index contributed by atoms with van der Waals surface area (Å²) in [5, 5.41) is 0. The average molecular weight is 437 g/mol. The summed E-state index contributed by atoms with van der Waals surface area (Å²) in [5.74, 6) is 0.124. The van der Waals surface area contributed by atoms with Crippen LogP contribution in [-0.4, -0.2) is 29.1 Å². The number of sulfonamides is 2. The van der Waals surface area contributed by atoms with Crippen molar-refractivity contribution in [3.05, 3.63) is 52.1 Å². The molecule has 1 aliphatic rings. The van der Waals surface area contributed by atoms with Crippen LogP contribution in [0.3, 0.4) is 0 Å². The van der Waals surface area contributed by atoms with E-state index in [2.05, 4.69) is 4.72 Å². The third-order valence-electron chi connectivity index (χ3n) is 5.31. The Labute approximate surface area is 174 Å². The number of hydrogen-bond donors (Lipinski definition) is 1. The van der Waals surface area contributed by atoms with Crippen LogP contribution in [0.5, 0.6) is 0 Å². The fourth-order valence-corrected chi connectivity index (χ4v) is 7.13. The zero-order valence-corrected chi connectivity index (χ0v) is 19.2. The highest BCUT2D eigenvalue weighted by Gasteiger charge is 2.29. The summed E-state index contributed by atoms with van der Waals surface area (Å²) in [5.41, 5.74) is 5.06. The van der Waals surface area contributed by atoms with Gasteiger partial charge in [0.05, 0.1) is 22.0 Å². The van der Waals surface area contributed by atoms with E-state index in [-0.39, 0.29) is 10.6 Å². The highest BCUT2D eigenvalue weighted by atomic mass is 32.2. The molecule has 1 aliphatic heterocycles. The first-order valence-corrected chi connectivity index (χ1v) is 12.7. The molecule has 0 aromatic heterocycles. The highest BCUT2D eigenvalue weighted by molar-refractivity contribution is 7.93. The summed E-state index contributed by atoms with van der Waals surface area (Å²) in [7, 11) is -7.18. The van der Waals surface area contributed by atoms with Gasteiger partial charge in [-0.15, -0.1) is 0 Å². The minimum Gasteiger partial charge on any atom is -0.279 e. The Balaban J connectivity index is 2.02. The van der Waals surface area contributed by atoms with E-state index < -0.39 is 20.0 Å². The lowest BCUT2D eigenvalue weighted by Crippen LogP contribution is -2.38. The Morgan fingerprint density at radius 3 is 2.07 bits per heavy atom. The molecule has 0 spiro atoms. The quantitative estimate of drug-likeness (QED) is 0.786. The van der Waals surface area contributed by atoms with Gasteiger partial charge < -0.3 is 0 Å². The van der Waals surface area contributed by atoms with E-state index in [1.807, 2.05) is 32.9 Å². The third-order valence-corrected chi connectivity index (χ3v) is 8.66.